The van der Waals surface area contributed by atoms with Gasteiger partial charge in [0.1, 0.15) is 0 Å². The molecule has 0 amide bonds. The van der Waals surface area contributed by atoms with E-state index in [1.54, 1.807) is 0 Å². The van der Waals surface area contributed by atoms with Crippen molar-refractivity contribution in [3.63, 3.8) is 0 Å². The molecule has 0 saturated carbocycles. The van der Waals surface area contributed by atoms with Crippen molar-refractivity contribution in [2.24, 2.45) is 0 Å². The molecular weight excluding hydrogens is 196 g/mol. The van der Waals surface area contributed by atoms with Gasteiger partial charge in [0, 0.05) is 5.54 Å². The monoisotopic (exact) mass is 228 g/mol. The van der Waals surface area contributed by atoms with Crippen LogP contribution in [0, 0.1) is 0 Å². The smallest absolute Gasteiger partial charge is 0.0122 e. The molecule has 0 unspecified atom stereocenters. The van der Waals surface area contributed by atoms with Gasteiger partial charge in [0.2, 0.25) is 0 Å². The lowest BCUT2D eigenvalue weighted by molar-refractivity contribution is 0.161. The van der Waals surface area contributed by atoms with Gasteiger partial charge in [-0.1, -0.05) is 13.8 Å². The fourth-order valence-corrected chi connectivity index (χ4v) is 1.83. The molecule has 2 nitrogen and oxygen atoms in total. The molecule has 0 aliphatic heterocycles. The third-order valence-corrected chi connectivity index (χ3v) is 3.19. The zero-order valence-electron chi connectivity index (χ0n) is 12.3. The Morgan fingerprint density at radius 3 is 1.69 bits per heavy atom. The van der Waals surface area contributed by atoms with Gasteiger partial charge in [-0.3, -0.25) is 0 Å². The molecule has 0 aromatic carbocycles. The first-order chi connectivity index (χ1) is 7.41. The predicted octanol–water partition coefficient (Wildman–Crippen LogP) is 3.23. The van der Waals surface area contributed by atoms with Gasteiger partial charge < -0.3 is 9.80 Å². The van der Waals surface area contributed by atoms with Crippen molar-refractivity contribution in [1.29, 1.82) is 0 Å². The molecule has 98 valence electrons. The Morgan fingerprint density at radius 1 is 0.812 bits per heavy atom. The van der Waals surface area contributed by atoms with Crippen LogP contribution >= 0.6 is 0 Å². The van der Waals surface area contributed by atoms with E-state index in [0.29, 0.717) is 5.54 Å². The molecule has 0 saturated heterocycles. The van der Waals surface area contributed by atoms with E-state index >= 15 is 0 Å². The highest BCUT2D eigenvalue weighted by atomic mass is 15.2. The Balaban J connectivity index is 3.76. The Bertz CT molecular complexity index is 155. The van der Waals surface area contributed by atoms with Gasteiger partial charge >= 0.3 is 0 Å². The van der Waals surface area contributed by atoms with Gasteiger partial charge in [-0.25, -0.2) is 0 Å². The zero-order valence-corrected chi connectivity index (χ0v) is 12.3. The van der Waals surface area contributed by atoms with Crippen LogP contribution in [0.15, 0.2) is 0 Å². The second-order valence-corrected chi connectivity index (χ2v) is 5.79. The average molecular weight is 228 g/mol. The Hall–Kier alpha value is -0.0800. The Labute approximate surface area is 103 Å². The average Bonchev–Trinajstić information content (AvgIpc) is 2.16. The van der Waals surface area contributed by atoms with Gasteiger partial charge in [0.05, 0.1) is 0 Å². The van der Waals surface area contributed by atoms with Crippen LogP contribution in [0.1, 0.15) is 53.9 Å². The fourth-order valence-electron chi connectivity index (χ4n) is 1.83. The van der Waals surface area contributed by atoms with Crippen LogP contribution in [0.25, 0.3) is 0 Å². The highest BCUT2D eigenvalue weighted by Gasteiger charge is 2.16. The molecule has 0 bridgehead atoms. The van der Waals surface area contributed by atoms with Crippen molar-refractivity contribution in [3.8, 4) is 0 Å². The van der Waals surface area contributed by atoms with Crippen LogP contribution in [0.5, 0.6) is 0 Å². The van der Waals surface area contributed by atoms with Crippen LogP contribution in [-0.4, -0.2) is 48.6 Å². The second-order valence-electron chi connectivity index (χ2n) is 5.79. The number of hydrogen-bond acceptors (Lipinski definition) is 2. The summed E-state index contributed by atoms with van der Waals surface area (Å²) in [6, 6.07) is 0. The maximum atomic E-state index is 2.59. The molecular formula is C14H32N2. The standard InChI is InChI=1S/C14H32N2/c1-7-10-16(11-8-2)13-9-12-15(6)14(3,4)5/h7-13H2,1-6H3. The third kappa shape index (κ3) is 7.24. The normalized spacial score (nSPS) is 12.8. The molecule has 0 atom stereocenters. The Morgan fingerprint density at radius 2 is 1.31 bits per heavy atom. The molecule has 0 aliphatic rings. The van der Waals surface area contributed by atoms with Crippen molar-refractivity contribution in [3.05, 3.63) is 0 Å². The van der Waals surface area contributed by atoms with E-state index < -0.39 is 0 Å². The van der Waals surface area contributed by atoms with Crippen LogP contribution < -0.4 is 0 Å². The summed E-state index contributed by atoms with van der Waals surface area (Å²) in [5.41, 5.74) is 0.306. The minimum Gasteiger partial charge on any atom is -0.303 e. The van der Waals surface area contributed by atoms with Crippen LogP contribution in [0.3, 0.4) is 0 Å². The first-order valence-corrected chi connectivity index (χ1v) is 6.85. The fraction of sp³-hybridized carbons (Fsp3) is 1.00. The molecule has 0 aromatic heterocycles. The van der Waals surface area contributed by atoms with E-state index in [4.69, 9.17) is 0 Å². The summed E-state index contributed by atoms with van der Waals surface area (Å²) in [5.74, 6) is 0. The molecule has 0 N–H and O–H groups in total. The van der Waals surface area contributed by atoms with E-state index in [1.807, 2.05) is 0 Å². The number of hydrogen-bond donors (Lipinski definition) is 0. The van der Waals surface area contributed by atoms with Gasteiger partial charge in [0.15, 0.2) is 0 Å². The van der Waals surface area contributed by atoms with E-state index in [2.05, 4.69) is 51.5 Å². The van der Waals surface area contributed by atoms with E-state index in [1.165, 1.54) is 45.4 Å². The molecule has 0 fully saturated rings. The molecule has 0 radical (unpaired) electrons. The predicted molar refractivity (Wildman–Crippen MR) is 74.0 cm³/mol. The van der Waals surface area contributed by atoms with Crippen molar-refractivity contribution >= 4 is 0 Å². The SMILES string of the molecule is CCCN(CCC)CCCN(C)C(C)(C)C. The third-order valence-electron chi connectivity index (χ3n) is 3.19. The summed E-state index contributed by atoms with van der Waals surface area (Å²) in [6.45, 7) is 16.3. The second kappa shape index (κ2) is 8.08. The van der Waals surface area contributed by atoms with Gasteiger partial charge in [0.25, 0.3) is 0 Å². The van der Waals surface area contributed by atoms with Crippen LogP contribution in [0.2, 0.25) is 0 Å². The summed E-state index contributed by atoms with van der Waals surface area (Å²) in [7, 11) is 2.23. The first kappa shape index (κ1) is 15.9. The highest BCUT2D eigenvalue weighted by molar-refractivity contribution is 4.72. The largest absolute Gasteiger partial charge is 0.303 e. The van der Waals surface area contributed by atoms with Crippen molar-refractivity contribution in [2.75, 3.05) is 33.2 Å². The highest BCUT2D eigenvalue weighted by Crippen LogP contribution is 2.10. The maximum Gasteiger partial charge on any atom is 0.0122 e. The lowest BCUT2D eigenvalue weighted by atomic mass is 10.1. The first-order valence-electron chi connectivity index (χ1n) is 6.85. The summed E-state index contributed by atoms with van der Waals surface area (Å²) >= 11 is 0. The van der Waals surface area contributed by atoms with E-state index in [0.717, 1.165) is 0 Å². The Kier molecular flexibility index (Phi) is 8.04. The molecule has 2 heteroatoms. The van der Waals surface area contributed by atoms with E-state index in [9.17, 15) is 0 Å². The molecule has 0 spiro atoms. The maximum absolute atomic E-state index is 2.59. The summed E-state index contributed by atoms with van der Waals surface area (Å²) < 4.78 is 0. The van der Waals surface area contributed by atoms with Crippen LogP contribution in [-0.2, 0) is 0 Å². The molecule has 0 aromatic rings. The lowest BCUT2D eigenvalue weighted by Crippen LogP contribution is -2.40. The minimum atomic E-state index is 0.306. The summed E-state index contributed by atoms with van der Waals surface area (Å²) in [6.07, 6.45) is 3.83. The van der Waals surface area contributed by atoms with Gasteiger partial charge in [-0.15, -0.1) is 0 Å². The van der Waals surface area contributed by atoms with Crippen molar-refractivity contribution in [1.82, 2.24) is 9.80 Å². The summed E-state index contributed by atoms with van der Waals surface area (Å²) in [5, 5.41) is 0. The quantitative estimate of drug-likeness (QED) is 0.629. The molecule has 0 rings (SSSR count). The zero-order chi connectivity index (χ0) is 12.6. The lowest BCUT2D eigenvalue weighted by Gasteiger charge is -2.32. The van der Waals surface area contributed by atoms with Gasteiger partial charge in [-0.2, -0.15) is 0 Å². The molecule has 0 heterocycles. The summed E-state index contributed by atoms with van der Waals surface area (Å²) in [4.78, 5) is 5.04. The minimum absolute atomic E-state index is 0.306. The molecule has 0 aliphatic carbocycles. The topological polar surface area (TPSA) is 6.48 Å². The number of rotatable bonds is 8. The van der Waals surface area contributed by atoms with Gasteiger partial charge in [-0.05, 0) is 73.3 Å². The number of nitrogens with zero attached hydrogens (tertiary/aromatic N) is 2. The molecule has 16 heavy (non-hydrogen) atoms. The van der Waals surface area contributed by atoms with Crippen molar-refractivity contribution in [2.45, 2.75) is 59.4 Å². The van der Waals surface area contributed by atoms with E-state index in [-0.39, 0.29) is 0 Å². The van der Waals surface area contributed by atoms with Crippen molar-refractivity contribution < 1.29 is 0 Å². The van der Waals surface area contributed by atoms with Crippen LogP contribution in [0.4, 0.5) is 0 Å².